The lowest BCUT2D eigenvalue weighted by Gasteiger charge is -2.17. The molecule has 5 heteroatoms. The zero-order valence-electron chi connectivity index (χ0n) is 11.1. The maximum absolute atomic E-state index is 13.5. The SMILES string of the molecule is COc1cc(F)c(Br)cc1C(N)c1ccc(Cl)c(C)c1. The van der Waals surface area contributed by atoms with E-state index >= 15 is 0 Å². The molecule has 20 heavy (non-hydrogen) atoms. The number of halogens is 3. The Morgan fingerprint density at radius 2 is 2.00 bits per heavy atom. The van der Waals surface area contributed by atoms with Gasteiger partial charge in [0.2, 0.25) is 0 Å². The molecule has 0 saturated carbocycles. The van der Waals surface area contributed by atoms with E-state index in [4.69, 9.17) is 22.1 Å². The Hall–Kier alpha value is -1.10. The van der Waals surface area contributed by atoms with E-state index in [1.165, 1.54) is 13.2 Å². The standard InChI is InChI=1S/C15H14BrClFNO/c1-8-5-9(3-4-12(8)17)15(19)10-6-11(16)13(18)7-14(10)20-2/h3-7,15H,19H2,1-2H3. The van der Waals surface area contributed by atoms with Crippen LogP contribution in [0.2, 0.25) is 5.02 Å². The summed E-state index contributed by atoms with van der Waals surface area (Å²) in [7, 11) is 1.49. The Morgan fingerprint density at radius 3 is 2.60 bits per heavy atom. The van der Waals surface area contributed by atoms with E-state index in [2.05, 4.69) is 15.9 Å². The minimum atomic E-state index is -0.419. The second kappa shape index (κ2) is 6.12. The summed E-state index contributed by atoms with van der Waals surface area (Å²) in [5.74, 6) is 0.0379. The number of ether oxygens (including phenoxy) is 1. The monoisotopic (exact) mass is 357 g/mol. The third kappa shape index (κ3) is 2.97. The van der Waals surface area contributed by atoms with Crippen molar-refractivity contribution < 1.29 is 9.13 Å². The van der Waals surface area contributed by atoms with E-state index in [9.17, 15) is 4.39 Å². The number of hydrogen-bond acceptors (Lipinski definition) is 2. The molecule has 0 aliphatic heterocycles. The first kappa shape index (κ1) is 15.3. The summed E-state index contributed by atoms with van der Waals surface area (Å²) in [4.78, 5) is 0. The number of rotatable bonds is 3. The molecule has 0 amide bonds. The second-order valence-corrected chi connectivity index (χ2v) is 5.76. The average Bonchev–Trinajstić information content (AvgIpc) is 2.43. The van der Waals surface area contributed by atoms with Crippen LogP contribution in [0.15, 0.2) is 34.8 Å². The van der Waals surface area contributed by atoms with Gasteiger partial charge in [-0.1, -0.05) is 23.7 Å². The molecule has 0 aliphatic carbocycles. The molecule has 2 rings (SSSR count). The van der Waals surface area contributed by atoms with Crippen LogP contribution in [0.5, 0.6) is 5.75 Å². The van der Waals surface area contributed by atoms with Crippen molar-refractivity contribution in [2.24, 2.45) is 5.73 Å². The van der Waals surface area contributed by atoms with Gasteiger partial charge in [0.25, 0.3) is 0 Å². The summed E-state index contributed by atoms with van der Waals surface area (Å²) in [6.07, 6.45) is 0. The van der Waals surface area contributed by atoms with Gasteiger partial charge in [0, 0.05) is 16.7 Å². The van der Waals surface area contributed by atoms with E-state index in [1.54, 1.807) is 12.1 Å². The number of aryl methyl sites for hydroxylation is 1. The molecule has 0 aromatic heterocycles. The molecular weight excluding hydrogens is 345 g/mol. The highest BCUT2D eigenvalue weighted by Gasteiger charge is 2.17. The Bertz CT molecular complexity index is 648. The molecule has 0 heterocycles. The normalized spacial score (nSPS) is 12.3. The summed E-state index contributed by atoms with van der Waals surface area (Å²) < 4.78 is 19.1. The van der Waals surface area contributed by atoms with E-state index < -0.39 is 6.04 Å². The van der Waals surface area contributed by atoms with Gasteiger partial charge in [0.05, 0.1) is 17.6 Å². The first-order chi connectivity index (χ1) is 9.43. The summed E-state index contributed by atoms with van der Waals surface area (Å²) in [6.45, 7) is 1.91. The van der Waals surface area contributed by atoms with Gasteiger partial charge >= 0.3 is 0 Å². The van der Waals surface area contributed by atoms with Crippen LogP contribution in [0.3, 0.4) is 0 Å². The Balaban J connectivity index is 2.49. The fourth-order valence-electron chi connectivity index (χ4n) is 2.00. The van der Waals surface area contributed by atoms with Gasteiger partial charge in [-0.15, -0.1) is 0 Å². The molecule has 2 aromatic carbocycles. The van der Waals surface area contributed by atoms with E-state index in [1.807, 2.05) is 19.1 Å². The lowest BCUT2D eigenvalue weighted by molar-refractivity contribution is 0.404. The Kier molecular flexibility index (Phi) is 4.68. The molecule has 1 unspecified atom stereocenters. The largest absolute Gasteiger partial charge is 0.496 e. The van der Waals surface area contributed by atoms with Crippen molar-refractivity contribution in [2.75, 3.05) is 7.11 Å². The lowest BCUT2D eigenvalue weighted by atomic mass is 9.97. The molecule has 2 nitrogen and oxygen atoms in total. The van der Waals surface area contributed by atoms with Gasteiger partial charge in [0.1, 0.15) is 11.6 Å². The van der Waals surface area contributed by atoms with Crippen molar-refractivity contribution in [1.29, 1.82) is 0 Å². The molecule has 2 N–H and O–H groups in total. The maximum atomic E-state index is 13.5. The van der Waals surface area contributed by atoms with Crippen LogP contribution in [0.1, 0.15) is 22.7 Å². The van der Waals surface area contributed by atoms with Crippen LogP contribution in [0.4, 0.5) is 4.39 Å². The zero-order valence-corrected chi connectivity index (χ0v) is 13.4. The lowest BCUT2D eigenvalue weighted by Crippen LogP contribution is -2.13. The minimum absolute atomic E-state index is 0.356. The number of methoxy groups -OCH3 is 1. The number of hydrogen-bond donors (Lipinski definition) is 1. The second-order valence-electron chi connectivity index (χ2n) is 4.49. The zero-order chi connectivity index (χ0) is 14.9. The third-order valence-electron chi connectivity index (χ3n) is 3.15. The third-order valence-corrected chi connectivity index (χ3v) is 4.18. The molecule has 0 saturated heterocycles. The topological polar surface area (TPSA) is 35.2 Å². The van der Waals surface area contributed by atoms with E-state index in [0.29, 0.717) is 20.8 Å². The summed E-state index contributed by atoms with van der Waals surface area (Å²) >= 11 is 9.18. The Morgan fingerprint density at radius 1 is 1.30 bits per heavy atom. The van der Waals surface area contributed by atoms with E-state index in [-0.39, 0.29) is 5.82 Å². The Labute approximate surface area is 130 Å². The van der Waals surface area contributed by atoms with Crippen LogP contribution >= 0.6 is 27.5 Å². The fraction of sp³-hybridized carbons (Fsp3) is 0.200. The van der Waals surface area contributed by atoms with Crippen molar-refractivity contribution in [2.45, 2.75) is 13.0 Å². The first-order valence-corrected chi connectivity index (χ1v) is 7.15. The highest BCUT2D eigenvalue weighted by molar-refractivity contribution is 9.10. The van der Waals surface area contributed by atoms with Crippen LogP contribution in [0.25, 0.3) is 0 Å². The number of benzene rings is 2. The van der Waals surface area contributed by atoms with Crippen molar-refractivity contribution in [3.8, 4) is 5.75 Å². The molecule has 0 spiro atoms. The van der Waals surface area contributed by atoms with Gasteiger partial charge < -0.3 is 10.5 Å². The molecule has 2 aromatic rings. The average molecular weight is 359 g/mol. The molecule has 0 bridgehead atoms. The van der Waals surface area contributed by atoms with Crippen LogP contribution in [-0.2, 0) is 0 Å². The number of nitrogens with two attached hydrogens (primary N) is 1. The van der Waals surface area contributed by atoms with Crippen LogP contribution < -0.4 is 10.5 Å². The summed E-state index contributed by atoms with van der Waals surface area (Å²) in [6, 6.07) is 8.13. The van der Waals surface area contributed by atoms with E-state index in [0.717, 1.165) is 11.1 Å². The molecular formula is C15H14BrClFNO. The van der Waals surface area contributed by atoms with Gasteiger partial charge in [-0.3, -0.25) is 0 Å². The van der Waals surface area contributed by atoms with Gasteiger partial charge in [-0.25, -0.2) is 4.39 Å². The molecule has 1 atom stereocenters. The summed E-state index contributed by atoms with van der Waals surface area (Å²) in [5.41, 5.74) is 8.81. The molecule has 0 radical (unpaired) electrons. The van der Waals surface area contributed by atoms with Crippen molar-refractivity contribution in [3.63, 3.8) is 0 Å². The van der Waals surface area contributed by atoms with Gasteiger partial charge in [0.15, 0.2) is 0 Å². The van der Waals surface area contributed by atoms with Crippen molar-refractivity contribution in [1.82, 2.24) is 0 Å². The smallest absolute Gasteiger partial charge is 0.141 e. The highest BCUT2D eigenvalue weighted by Crippen LogP contribution is 2.33. The quantitative estimate of drug-likeness (QED) is 0.870. The molecule has 0 aliphatic rings. The van der Waals surface area contributed by atoms with Crippen molar-refractivity contribution in [3.05, 3.63) is 62.3 Å². The van der Waals surface area contributed by atoms with Crippen molar-refractivity contribution >= 4 is 27.5 Å². The summed E-state index contributed by atoms with van der Waals surface area (Å²) in [5, 5.41) is 0.688. The molecule has 0 fully saturated rings. The highest BCUT2D eigenvalue weighted by atomic mass is 79.9. The first-order valence-electron chi connectivity index (χ1n) is 5.98. The predicted octanol–water partition coefficient (Wildman–Crippen LogP) is 4.61. The van der Waals surface area contributed by atoms with Gasteiger partial charge in [-0.2, -0.15) is 0 Å². The molecule has 106 valence electrons. The van der Waals surface area contributed by atoms with Gasteiger partial charge in [-0.05, 0) is 46.1 Å². The van der Waals surface area contributed by atoms with Crippen LogP contribution in [-0.4, -0.2) is 7.11 Å². The van der Waals surface area contributed by atoms with Crippen LogP contribution in [0, 0.1) is 12.7 Å². The fourth-order valence-corrected chi connectivity index (χ4v) is 2.48. The predicted molar refractivity (Wildman–Crippen MR) is 82.9 cm³/mol. The minimum Gasteiger partial charge on any atom is -0.496 e. The maximum Gasteiger partial charge on any atom is 0.141 e.